The molecule has 3 rings (SSSR count). The van der Waals surface area contributed by atoms with Crippen LogP contribution in [-0.4, -0.2) is 9.97 Å². The number of rotatable bonds is 2. The third kappa shape index (κ3) is 1.98. The Labute approximate surface area is 110 Å². The van der Waals surface area contributed by atoms with Crippen LogP contribution in [0.15, 0.2) is 42.5 Å². The Morgan fingerprint density at radius 2 is 2.06 bits per heavy atom. The van der Waals surface area contributed by atoms with Gasteiger partial charge in [0.15, 0.2) is 0 Å². The SMILES string of the molecule is NCc1cccc(-c2nc3ccc(Cl)cc3[nH]2)c1. The van der Waals surface area contributed by atoms with E-state index >= 15 is 0 Å². The van der Waals surface area contributed by atoms with Crippen LogP contribution in [0.2, 0.25) is 5.02 Å². The normalized spacial score (nSPS) is 11.0. The van der Waals surface area contributed by atoms with E-state index in [1.165, 1.54) is 0 Å². The average Bonchev–Trinajstić information content (AvgIpc) is 2.81. The van der Waals surface area contributed by atoms with Gasteiger partial charge in [-0.05, 0) is 29.8 Å². The number of nitrogens with one attached hydrogen (secondary N) is 1. The van der Waals surface area contributed by atoms with E-state index in [0.29, 0.717) is 11.6 Å². The van der Waals surface area contributed by atoms with Gasteiger partial charge in [0.05, 0.1) is 11.0 Å². The molecule has 0 radical (unpaired) electrons. The van der Waals surface area contributed by atoms with E-state index in [4.69, 9.17) is 17.3 Å². The van der Waals surface area contributed by atoms with Crippen molar-refractivity contribution in [3.63, 3.8) is 0 Å². The number of nitrogens with zero attached hydrogens (tertiary/aromatic N) is 1. The maximum Gasteiger partial charge on any atom is 0.138 e. The number of hydrogen-bond donors (Lipinski definition) is 2. The number of aromatic amines is 1. The fourth-order valence-corrected chi connectivity index (χ4v) is 2.14. The van der Waals surface area contributed by atoms with Crippen molar-refractivity contribution >= 4 is 22.6 Å². The van der Waals surface area contributed by atoms with Crippen LogP contribution in [0.25, 0.3) is 22.4 Å². The predicted molar refractivity (Wildman–Crippen MR) is 74.4 cm³/mol. The lowest BCUT2D eigenvalue weighted by molar-refractivity contribution is 1.07. The first kappa shape index (κ1) is 11.3. The highest BCUT2D eigenvalue weighted by molar-refractivity contribution is 6.31. The third-order valence-electron chi connectivity index (χ3n) is 2.88. The summed E-state index contributed by atoms with van der Waals surface area (Å²) in [5.41, 5.74) is 9.62. The number of imidazole rings is 1. The molecular formula is C14H12ClN3. The average molecular weight is 258 g/mol. The molecule has 4 heteroatoms. The minimum atomic E-state index is 0.528. The maximum atomic E-state index is 5.96. The summed E-state index contributed by atoms with van der Waals surface area (Å²) in [6, 6.07) is 13.7. The largest absolute Gasteiger partial charge is 0.338 e. The van der Waals surface area contributed by atoms with Gasteiger partial charge in [-0.3, -0.25) is 0 Å². The van der Waals surface area contributed by atoms with E-state index in [1.807, 2.05) is 42.5 Å². The fourth-order valence-electron chi connectivity index (χ4n) is 1.96. The highest BCUT2D eigenvalue weighted by atomic mass is 35.5. The summed E-state index contributed by atoms with van der Waals surface area (Å²) in [6.07, 6.45) is 0. The van der Waals surface area contributed by atoms with E-state index in [9.17, 15) is 0 Å². The van der Waals surface area contributed by atoms with Crippen LogP contribution in [0.1, 0.15) is 5.56 Å². The van der Waals surface area contributed by atoms with Gasteiger partial charge in [0.25, 0.3) is 0 Å². The zero-order chi connectivity index (χ0) is 12.5. The lowest BCUT2D eigenvalue weighted by atomic mass is 10.1. The Bertz CT molecular complexity index is 703. The number of H-pyrrole nitrogens is 1. The first-order valence-corrected chi connectivity index (χ1v) is 6.09. The van der Waals surface area contributed by atoms with Gasteiger partial charge >= 0.3 is 0 Å². The second kappa shape index (κ2) is 4.44. The molecule has 90 valence electrons. The van der Waals surface area contributed by atoms with E-state index in [2.05, 4.69) is 9.97 Å². The first-order chi connectivity index (χ1) is 8.76. The highest BCUT2D eigenvalue weighted by Crippen LogP contribution is 2.23. The monoisotopic (exact) mass is 257 g/mol. The first-order valence-electron chi connectivity index (χ1n) is 5.71. The smallest absolute Gasteiger partial charge is 0.138 e. The minimum absolute atomic E-state index is 0.528. The van der Waals surface area contributed by atoms with Gasteiger partial charge in [-0.2, -0.15) is 0 Å². The summed E-state index contributed by atoms with van der Waals surface area (Å²) in [5, 5.41) is 0.702. The maximum absolute atomic E-state index is 5.96. The highest BCUT2D eigenvalue weighted by Gasteiger charge is 2.05. The van der Waals surface area contributed by atoms with Crippen LogP contribution in [0, 0.1) is 0 Å². The molecule has 2 aromatic carbocycles. The molecule has 0 fully saturated rings. The van der Waals surface area contributed by atoms with Gasteiger partial charge in [-0.15, -0.1) is 0 Å². The van der Waals surface area contributed by atoms with Crippen LogP contribution in [0.5, 0.6) is 0 Å². The number of hydrogen-bond acceptors (Lipinski definition) is 2. The zero-order valence-corrected chi connectivity index (χ0v) is 10.4. The Hall–Kier alpha value is -1.84. The van der Waals surface area contributed by atoms with Crippen LogP contribution in [0.3, 0.4) is 0 Å². The lowest BCUT2D eigenvalue weighted by Gasteiger charge is -1.99. The molecule has 1 heterocycles. The van der Waals surface area contributed by atoms with Crippen molar-refractivity contribution in [2.45, 2.75) is 6.54 Å². The summed E-state index contributed by atoms with van der Waals surface area (Å²) in [7, 11) is 0. The number of fused-ring (bicyclic) bond motifs is 1. The molecule has 0 spiro atoms. The van der Waals surface area contributed by atoms with Crippen molar-refractivity contribution in [2.75, 3.05) is 0 Å². The lowest BCUT2D eigenvalue weighted by Crippen LogP contribution is -1.95. The fraction of sp³-hybridized carbons (Fsp3) is 0.0714. The van der Waals surface area contributed by atoms with Gasteiger partial charge in [0.1, 0.15) is 5.82 Å². The Balaban J connectivity index is 2.13. The molecule has 0 aliphatic heterocycles. The van der Waals surface area contributed by atoms with Gasteiger partial charge in [0, 0.05) is 17.1 Å². The number of aromatic nitrogens is 2. The van der Waals surface area contributed by atoms with E-state index in [0.717, 1.165) is 28.0 Å². The molecule has 3 N–H and O–H groups in total. The molecule has 0 saturated carbocycles. The standard InChI is InChI=1S/C14H12ClN3/c15-11-4-5-12-13(7-11)18-14(17-12)10-3-1-2-9(6-10)8-16/h1-7H,8,16H2,(H,17,18). The van der Waals surface area contributed by atoms with Crippen LogP contribution in [0.4, 0.5) is 0 Å². The molecule has 0 bridgehead atoms. The van der Waals surface area contributed by atoms with Crippen molar-refractivity contribution in [1.82, 2.24) is 9.97 Å². The Morgan fingerprint density at radius 3 is 2.89 bits per heavy atom. The molecule has 0 saturated heterocycles. The number of nitrogens with two attached hydrogens (primary N) is 1. The zero-order valence-electron chi connectivity index (χ0n) is 9.65. The molecule has 3 aromatic rings. The molecule has 1 aromatic heterocycles. The summed E-state index contributed by atoms with van der Waals surface area (Å²) in [6.45, 7) is 0.528. The second-order valence-electron chi connectivity index (χ2n) is 4.15. The van der Waals surface area contributed by atoms with Gasteiger partial charge < -0.3 is 10.7 Å². The third-order valence-corrected chi connectivity index (χ3v) is 3.12. The summed E-state index contributed by atoms with van der Waals surface area (Å²) in [4.78, 5) is 7.81. The second-order valence-corrected chi connectivity index (χ2v) is 4.59. The molecule has 0 aliphatic rings. The molecular weight excluding hydrogens is 246 g/mol. The molecule has 0 amide bonds. The van der Waals surface area contributed by atoms with Crippen molar-refractivity contribution < 1.29 is 0 Å². The van der Waals surface area contributed by atoms with Crippen molar-refractivity contribution in [1.29, 1.82) is 0 Å². The Morgan fingerprint density at radius 1 is 1.17 bits per heavy atom. The molecule has 18 heavy (non-hydrogen) atoms. The van der Waals surface area contributed by atoms with Gasteiger partial charge in [-0.1, -0.05) is 29.8 Å². The molecule has 0 atom stereocenters. The van der Waals surface area contributed by atoms with Crippen molar-refractivity contribution in [3.8, 4) is 11.4 Å². The van der Waals surface area contributed by atoms with Crippen LogP contribution < -0.4 is 5.73 Å². The summed E-state index contributed by atoms with van der Waals surface area (Å²) in [5.74, 6) is 0.836. The summed E-state index contributed by atoms with van der Waals surface area (Å²) >= 11 is 5.96. The van der Waals surface area contributed by atoms with Crippen molar-refractivity contribution in [3.05, 3.63) is 53.1 Å². The molecule has 3 nitrogen and oxygen atoms in total. The minimum Gasteiger partial charge on any atom is -0.338 e. The summed E-state index contributed by atoms with van der Waals surface area (Å²) < 4.78 is 0. The van der Waals surface area contributed by atoms with E-state index in [-0.39, 0.29) is 0 Å². The number of halogens is 1. The Kier molecular flexibility index (Phi) is 2.78. The molecule has 0 unspecified atom stereocenters. The predicted octanol–water partition coefficient (Wildman–Crippen LogP) is 3.34. The van der Waals surface area contributed by atoms with Gasteiger partial charge in [-0.25, -0.2) is 4.98 Å². The van der Waals surface area contributed by atoms with Gasteiger partial charge in [0.2, 0.25) is 0 Å². The van der Waals surface area contributed by atoms with Crippen LogP contribution >= 0.6 is 11.6 Å². The quantitative estimate of drug-likeness (QED) is 0.740. The molecule has 0 aliphatic carbocycles. The topological polar surface area (TPSA) is 54.7 Å². The van der Waals surface area contributed by atoms with Crippen molar-refractivity contribution in [2.24, 2.45) is 5.73 Å². The van der Waals surface area contributed by atoms with E-state index in [1.54, 1.807) is 0 Å². The number of benzene rings is 2. The van der Waals surface area contributed by atoms with E-state index < -0.39 is 0 Å². The van der Waals surface area contributed by atoms with Crippen LogP contribution in [-0.2, 0) is 6.54 Å².